The topological polar surface area (TPSA) is 88.6 Å². The number of carbonyl (C=O) groups excluding carboxylic acids is 3. The van der Waals surface area contributed by atoms with E-state index in [4.69, 9.17) is 4.74 Å². The van der Waals surface area contributed by atoms with Crippen molar-refractivity contribution in [1.29, 1.82) is 0 Å². The predicted molar refractivity (Wildman–Crippen MR) is 127 cm³/mol. The molecule has 4 rings (SSSR count). The molecule has 7 nitrogen and oxygen atoms in total. The number of benzene rings is 2. The summed E-state index contributed by atoms with van der Waals surface area (Å²) in [5.41, 5.74) is 3.22. The Morgan fingerprint density at radius 2 is 1.88 bits per heavy atom. The molecule has 1 aliphatic heterocycles. The van der Waals surface area contributed by atoms with Gasteiger partial charge in [0.25, 0.3) is 11.8 Å². The van der Waals surface area contributed by atoms with Gasteiger partial charge in [-0.25, -0.2) is 9.37 Å². The van der Waals surface area contributed by atoms with Crippen molar-refractivity contribution in [3.05, 3.63) is 70.9 Å². The number of likely N-dealkylation sites (tertiary alicyclic amines) is 1. The van der Waals surface area contributed by atoms with Crippen molar-refractivity contribution < 1.29 is 23.5 Å². The molecule has 1 unspecified atom stereocenters. The Hall–Kier alpha value is -3.59. The van der Waals surface area contributed by atoms with Crippen molar-refractivity contribution in [2.24, 2.45) is 5.92 Å². The van der Waals surface area contributed by atoms with Gasteiger partial charge in [0, 0.05) is 29.6 Å². The first kappa shape index (κ1) is 23.6. The van der Waals surface area contributed by atoms with Gasteiger partial charge < -0.3 is 9.64 Å². The van der Waals surface area contributed by atoms with E-state index in [9.17, 15) is 18.8 Å². The number of rotatable bonds is 6. The van der Waals surface area contributed by atoms with Gasteiger partial charge in [-0.2, -0.15) is 0 Å². The zero-order chi connectivity index (χ0) is 24.1. The van der Waals surface area contributed by atoms with Gasteiger partial charge in [-0.15, -0.1) is 11.3 Å². The van der Waals surface area contributed by atoms with Gasteiger partial charge in [0.15, 0.2) is 11.7 Å². The monoisotopic (exact) mass is 481 g/mol. The number of piperidine rings is 1. The van der Waals surface area contributed by atoms with E-state index in [1.807, 2.05) is 36.6 Å². The minimum absolute atomic E-state index is 0.197. The normalized spacial score (nSPS) is 15.6. The summed E-state index contributed by atoms with van der Waals surface area (Å²) < 4.78 is 18.3. The number of anilines is 1. The zero-order valence-electron chi connectivity index (χ0n) is 18.6. The molecule has 3 aromatic rings. The average Bonchev–Trinajstić information content (AvgIpc) is 3.31. The van der Waals surface area contributed by atoms with Crippen LogP contribution in [0.1, 0.15) is 28.8 Å². The number of nitrogens with zero attached hydrogens (tertiary/aromatic N) is 2. The highest BCUT2D eigenvalue weighted by atomic mass is 32.1. The molecule has 1 N–H and O–H groups in total. The SMILES string of the molecule is Cc1ccc(-c2csc(NC(=O)COC(=O)C3CCCN(C(=O)c4ccc(F)cc4)C3)n2)cc1. The van der Waals surface area contributed by atoms with E-state index in [2.05, 4.69) is 10.3 Å². The van der Waals surface area contributed by atoms with Crippen LogP contribution in [-0.2, 0) is 14.3 Å². The maximum Gasteiger partial charge on any atom is 0.311 e. The highest BCUT2D eigenvalue weighted by Crippen LogP contribution is 2.25. The molecule has 0 radical (unpaired) electrons. The van der Waals surface area contributed by atoms with Gasteiger partial charge in [0.05, 0.1) is 11.6 Å². The zero-order valence-corrected chi connectivity index (χ0v) is 19.4. The summed E-state index contributed by atoms with van der Waals surface area (Å²) in [5, 5.41) is 4.92. The van der Waals surface area contributed by atoms with Crippen LogP contribution < -0.4 is 5.32 Å². The minimum Gasteiger partial charge on any atom is -0.455 e. The predicted octanol–water partition coefficient (Wildman–Crippen LogP) is 4.29. The number of aryl methyl sites for hydroxylation is 1. The molecule has 1 aliphatic rings. The number of ether oxygens (including phenoxy) is 1. The maximum absolute atomic E-state index is 13.1. The number of esters is 1. The molecule has 1 saturated heterocycles. The first-order valence-corrected chi connectivity index (χ1v) is 11.8. The van der Waals surface area contributed by atoms with Gasteiger partial charge in [0.2, 0.25) is 0 Å². The van der Waals surface area contributed by atoms with Crippen LogP contribution >= 0.6 is 11.3 Å². The molecule has 9 heteroatoms. The fraction of sp³-hybridized carbons (Fsp3) is 0.280. The molecular formula is C25H24FN3O4S. The number of hydrogen-bond acceptors (Lipinski definition) is 6. The van der Waals surface area contributed by atoms with E-state index >= 15 is 0 Å². The van der Waals surface area contributed by atoms with Crippen molar-refractivity contribution in [2.75, 3.05) is 25.0 Å². The Labute approximate surface area is 200 Å². The number of hydrogen-bond donors (Lipinski definition) is 1. The van der Waals surface area contributed by atoms with Crippen molar-refractivity contribution in [1.82, 2.24) is 9.88 Å². The number of aromatic nitrogens is 1. The molecule has 2 amide bonds. The van der Waals surface area contributed by atoms with E-state index < -0.39 is 30.2 Å². The van der Waals surface area contributed by atoms with Crippen LogP contribution in [0.15, 0.2) is 53.9 Å². The van der Waals surface area contributed by atoms with E-state index in [0.717, 1.165) is 16.8 Å². The standard InChI is InChI=1S/C25H24FN3O4S/c1-16-4-6-17(7-5-16)21-15-34-25(27-21)28-22(30)14-33-24(32)19-3-2-12-29(13-19)23(31)18-8-10-20(26)11-9-18/h4-11,15,19H,2-3,12-14H2,1H3,(H,27,28,30). The maximum atomic E-state index is 13.1. The molecule has 1 atom stereocenters. The van der Waals surface area contributed by atoms with Gasteiger partial charge in [0.1, 0.15) is 5.82 Å². The second kappa shape index (κ2) is 10.6. The summed E-state index contributed by atoms with van der Waals surface area (Å²) in [6, 6.07) is 13.2. The lowest BCUT2D eigenvalue weighted by atomic mass is 9.97. The molecule has 2 aromatic carbocycles. The lowest BCUT2D eigenvalue weighted by molar-refractivity contribution is -0.152. The molecule has 2 heterocycles. The molecule has 176 valence electrons. The third-order valence-corrected chi connectivity index (χ3v) is 6.33. The summed E-state index contributed by atoms with van der Waals surface area (Å²) in [6.07, 6.45) is 1.21. The Kier molecular flexibility index (Phi) is 7.32. The number of nitrogens with one attached hydrogen (secondary N) is 1. The van der Waals surface area contributed by atoms with E-state index in [0.29, 0.717) is 30.1 Å². The van der Waals surface area contributed by atoms with Gasteiger partial charge >= 0.3 is 5.97 Å². The lowest BCUT2D eigenvalue weighted by Crippen LogP contribution is -2.43. The van der Waals surface area contributed by atoms with E-state index in [1.165, 1.54) is 35.6 Å². The molecule has 0 saturated carbocycles. The number of amides is 2. The Bertz CT molecular complexity index is 1180. The van der Waals surface area contributed by atoms with Crippen molar-refractivity contribution >= 4 is 34.3 Å². The van der Waals surface area contributed by atoms with Gasteiger partial charge in [-0.05, 0) is 44.0 Å². The van der Waals surface area contributed by atoms with Crippen LogP contribution in [0.3, 0.4) is 0 Å². The Morgan fingerprint density at radius 3 is 2.62 bits per heavy atom. The molecule has 0 bridgehead atoms. The minimum atomic E-state index is -0.522. The number of thiazole rings is 1. The van der Waals surface area contributed by atoms with Crippen LogP contribution in [0.5, 0.6) is 0 Å². The van der Waals surface area contributed by atoms with E-state index in [1.54, 1.807) is 4.90 Å². The first-order valence-electron chi connectivity index (χ1n) is 10.9. The second-order valence-electron chi connectivity index (χ2n) is 8.16. The number of carbonyl (C=O) groups is 3. The highest BCUT2D eigenvalue weighted by molar-refractivity contribution is 7.14. The van der Waals surface area contributed by atoms with Gasteiger partial charge in [-0.1, -0.05) is 29.8 Å². The summed E-state index contributed by atoms with van der Waals surface area (Å²) >= 11 is 1.29. The average molecular weight is 482 g/mol. The summed E-state index contributed by atoms with van der Waals surface area (Å²) in [7, 11) is 0. The van der Waals surface area contributed by atoms with Crippen LogP contribution in [-0.4, -0.2) is 47.4 Å². The Morgan fingerprint density at radius 1 is 1.15 bits per heavy atom. The summed E-state index contributed by atoms with van der Waals surface area (Å²) in [5.74, 6) is -2.19. The van der Waals surface area contributed by atoms with Crippen LogP contribution in [0, 0.1) is 18.7 Å². The van der Waals surface area contributed by atoms with Crippen molar-refractivity contribution in [3.8, 4) is 11.3 Å². The van der Waals surface area contributed by atoms with Crippen LogP contribution in [0.4, 0.5) is 9.52 Å². The first-order chi connectivity index (χ1) is 16.4. The number of halogens is 1. The van der Waals surface area contributed by atoms with Crippen LogP contribution in [0.25, 0.3) is 11.3 Å². The fourth-order valence-electron chi connectivity index (χ4n) is 3.73. The van der Waals surface area contributed by atoms with Crippen molar-refractivity contribution in [2.45, 2.75) is 19.8 Å². The Balaban J connectivity index is 1.27. The smallest absolute Gasteiger partial charge is 0.311 e. The molecule has 0 spiro atoms. The third kappa shape index (κ3) is 5.85. The largest absolute Gasteiger partial charge is 0.455 e. The molecule has 0 aliphatic carbocycles. The second-order valence-corrected chi connectivity index (χ2v) is 9.02. The van der Waals surface area contributed by atoms with Gasteiger partial charge in [-0.3, -0.25) is 19.7 Å². The third-order valence-electron chi connectivity index (χ3n) is 5.58. The lowest BCUT2D eigenvalue weighted by Gasteiger charge is -2.31. The molecule has 1 aromatic heterocycles. The molecule has 34 heavy (non-hydrogen) atoms. The molecular weight excluding hydrogens is 457 g/mol. The van der Waals surface area contributed by atoms with E-state index in [-0.39, 0.29) is 12.5 Å². The summed E-state index contributed by atoms with van der Waals surface area (Å²) in [4.78, 5) is 43.4. The summed E-state index contributed by atoms with van der Waals surface area (Å²) in [6.45, 7) is 2.28. The quantitative estimate of drug-likeness (QED) is 0.531. The van der Waals surface area contributed by atoms with Crippen LogP contribution in [0.2, 0.25) is 0 Å². The fourth-order valence-corrected chi connectivity index (χ4v) is 4.46. The molecule has 1 fully saturated rings. The highest BCUT2D eigenvalue weighted by Gasteiger charge is 2.30. The van der Waals surface area contributed by atoms with Crippen molar-refractivity contribution in [3.63, 3.8) is 0 Å².